The quantitative estimate of drug-likeness (QED) is 0.729. The number of hydrogen-bond acceptors (Lipinski definition) is 6. The van der Waals surface area contributed by atoms with Gasteiger partial charge in [0.1, 0.15) is 5.75 Å². The molecule has 7 heteroatoms. The van der Waals surface area contributed by atoms with E-state index in [9.17, 15) is 5.11 Å². The summed E-state index contributed by atoms with van der Waals surface area (Å²) in [6.45, 7) is 0. The second-order valence-electron chi connectivity index (χ2n) is 7.80. The van der Waals surface area contributed by atoms with Gasteiger partial charge in [-0.15, -0.1) is 10.2 Å². The molecule has 28 heavy (non-hydrogen) atoms. The lowest BCUT2D eigenvalue weighted by Crippen LogP contribution is -2.47. The standard InChI is InChI=1S/C21H24N6O/c1-26(17-11-14-3-4-15(12-17)23-14)21-8-7-19(24-25-21)18-6-5-16(13-20(18)28)27-10-2-9-22-27/h2,5-10,13-15,17,23,28H,3-4,11-12H2,1H3/t14-,15+,17-. The lowest BCUT2D eigenvalue weighted by atomic mass is 9.98. The fourth-order valence-electron chi connectivity index (χ4n) is 4.49. The maximum Gasteiger partial charge on any atom is 0.151 e. The van der Waals surface area contributed by atoms with E-state index < -0.39 is 0 Å². The van der Waals surface area contributed by atoms with E-state index >= 15 is 0 Å². The Hall–Kier alpha value is -2.93. The Labute approximate surface area is 164 Å². The highest BCUT2D eigenvalue weighted by molar-refractivity contribution is 5.69. The maximum absolute atomic E-state index is 10.5. The summed E-state index contributed by atoms with van der Waals surface area (Å²) >= 11 is 0. The topological polar surface area (TPSA) is 79.1 Å². The average Bonchev–Trinajstić information content (AvgIpc) is 3.37. The zero-order chi connectivity index (χ0) is 19.1. The van der Waals surface area contributed by atoms with Crippen LogP contribution in [0.3, 0.4) is 0 Å². The van der Waals surface area contributed by atoms with Gasteiger partial charge in [0, 0.05) is 49.2 Å². The minimum absolute atomic E-state index is 0.165. The van der Waals surface area contributed by atoms with Crippen molar-refractivity contribution < 1.29 is 5.11 Å². The number of phenols is 1. The van der Waals surface area contributed by atoms with E-state index in [1.165, 1.54) is 12.8 Å². The van der Waals surface area contributed by atoms with E-state index in [4.69, 9.17) is 0 Å². The number of rotatable bonds is 4. The van der Waals surface area contributed by atoms with Crippen LogP contribution in [0.2, 0.25) is 0 Å². The van der Waals surface area contributed by atoms with Gasteiger partial charge in [0.15, 0.2) is 5.82 Å². The fourth-order valence-corrected chi connectivity index (χ4v) is 4.49. The van der Waals surface area contributed by atoms with Gasteiger partial charge < -0.3 is 15.3 Å². The minimum atomic E-state index is 0.165. The smallest absolute Gasteiger partial charge is 0.151 e. The second-order valence-corrected chi connectivity index (χ2v) is 7.80. The molecule has 5 rings (SSSR count). The van der Waals surface area contributed by atoms with Gasteiger partial charge >= 0.3 is 0 Å². The molecule has 2 aliphatic heterocycles. The SMILES string of the molecule is CN(c1ccc(-c2ccc(-n3cccn3)cc2O)nn1)[C@@H]1C[C@H]2CC[C@@H](C1)N2. The molecule has 3 aromatic rings. The maximum atomic E-state index is 10.5. The third kappa shape index (κ3) is 3.11. The van der Waals surface area contributed by atoms with E-state index in [0.717, 1.165) is 24.3 Å². The lowest BCUT2D eigenvalue weighted by molar-refractivity contribution is 0.353. The Bertz CT molecular complexity index is 944. The van der Waals surface area contributed by atoms with Crippen LogP contribution in [0.5, 0.6) is 5.75 Å². The first kappa shape index (κ1) is 17.2. The van der Waals surface area contributed by atoms with Crippen molar-refractivity contribution in [2.45, 2.75) is 43.8 Å². The third-order valence-corrected chi connectivity index (χ3v) is 6.03. The van der Waals surface area contributed by atoms with E-state index in [2.05, 4.69) is 32.6 Å². The first-order chi connectivity index (χ1) is 13.7. The van der Waals surface area contributed by atoms with Crippen LogP contribution in [-0.2, 0) is 0 Å². The predicted molar refractivity (Wildman–Crippen MR) is 108 cm³/mol. The van der Waals surface area contributed by atoms with Crippen LogP contribution in [-0.4, -0.2) is 50.3 Å². The first-order valence-electron chi connectivity index (χ1n) is 9.83. The summed E-state index contributed by atoms with van der Waals surface area (Å²) in [6.07, 6.45) is 8.43. The molecule has 3 atom stereocenters. The molecule has 4 heterocycles. The van der Waals surface area contributed by atoms with Crippen LogP contribution in [0, 0.1) is 0 Å². The number of fused-ring (bicyclic) bond motifs is 2. The molecule has 2 N–H and O–H groups in total. The molecule has 2 aliphatic rings. The van der Waals surface area contributed by atoms with Crippen molar-refractivity contribution in [2.24, 2.45) is 0 Å². The largest absolute Gasteiger partial charge is 0.507 e. The molecular weight excluding hydrogens is 352 g/mol. The fraction of sp³-hybridized carbons (Fsp3) is 0.381. The second kappa shape index (κ2) is 6.91. The van der Waals surface area contributed by atoms with E-state index in [1.54, 1.807) is 16.9 Å². The first-order valence-corrected chi connectivity index (χ1v) is 9.83. The Balaban J connectivity index is 1.35. The molecule has 0 saturated carbocycles. The highest BCUT2D eigenvalue weighted by Gasteiger charge is 2.35. The Morgan fingerprint density at radius 3 is 2.57 bits per heavy atom. The third-order valence-electron chi connectivity index (χ3n) is 6.03. The summed E-state index contributed by atoms with van der Waals surface area (Å²) in [6, 6.07) is 13.0. The molecule has 0 aliphatic carbocycles. The summed E-state index contributed by atoms with van der Waals surface area (Å²) in [5, 5.41) is 27.2. The highest BCUT2D eigenvalue weighted by Crippen LogP contribution is 2.32. The van der Waals surface area contributed by atoms with Crippen molar-refractivity contribution in [3.8, 4) is 22.7 Å². The number of nitrogens with one attached hydrogen (secondary N) is 1. The molecule has 0 unspecified atom stereocenters. The summed E-state index contributed by atoms with van der Waals surface area (Å²) in [4.78, 5) is 2.25. The van der Waals surface area contributed by atoms with Crippen LogP contribution >= 0.6 is 0 Å². The molecule has 2 bridgehead atoms. The van der Waals surface area contributed by atoms with E-state index in [0.29, 0.717) is 29.4 Å². The van der Waals surface area contributed by atoms with Gasteiger partial charge in [-0.1, -0.05) is 0 Å². The molecular formula is C21H24N6O. The number of hydrogen-bond donors (Lipinski definition) is 2. The van der Waals surface area contributed by atoms with Crippen molar-refractivity contribution in [3.05, 3.63) is 48.8 Å². The van der Waals surface area contributed by atoms with E-state index in [1.807, 2.05) is 36.5 Å². The number of piperidine rings is 1. The van der Waals surface area contributed by atoms with Gasteiger partial charge in [0.2, 0.25) is 0 Å². The minimum Gasteiger partial charge on any atom is -0.507 e. The number of phenolic OH excluding ortho intramolecular Hbond substituents is 1. The van der Waals surface area contributed by atoms with Crippen molar-refractivity contribution >= 4 is 5.82 Å². The summed E-state index contributed by atoms with van der Waals surface area (Å²) < 4.78 is 1.71. The van der Waals surface area contributed by atoms with Crippen molar-refractivity contribution in [1.82, 2.24) is 25.3 Å². The number of anilines is 1. The Morgan fingerprint density at radius 1 is 1.11 bits per heavy atom. The summed E-state index contributed by atoms with van der Waals surface area (Å²) in [5.41, 5.74) is 2.13. The van der Waals surface area contributed by atoms with Gasteiger partial charge in [-0.25, -0.2) is 4.68 Å². The van der Waals surface area contributed by atoms with Crippen LogP contribution in [0.25, 0.3) is 16.9 Å². The molecule has 2 saturated heterocycles. The van der Waals surface area contributed by atoms with Crippen LogP contribution in [0.15, 0.2) is 48.8 Å². The Morgan fingerprint density at radius 2 is 1.93 bits per heavy atom. The molecule has 1 aromatic carbocycles. The average molecular weight is 376 g/mol. The predicted octanol–water partition coefficient (Wildman–Crippen LogP) is 2.75. The number of benzene rings is 1. The van der Waals surface area contributed by atoms with Gasteiger partial charge in [-0.2, -0.15) is 5.10 Å². The highest BCUT2D eigenvalue weighted by atomic mass is 16.3. The van der Waals surface area contributed by atoms with Crippen molar-refractivity contribution in [2.75, 3.05) is 11.9 Å². The number of nitrogens with zero attached hydrogens (tertiary/aromatic N) is 5. The number of aromatic nitrogens is 4. The zero-order valence-electron chi connectivity index (χ0n) is 15.9. The van der Waals surface area contributed by atoms with Crippen LogP contribution < -0.4 is 10.2 Å². The molecule has 144 valence electrons. The molecule has 2 fully saturated rings. The molecule has 0 spiro atoms. The summed E-state index contributed by atoms with van der Waals surface area (Å²) in [5.74, 6) is 1.04. The molecule has 7 nitrogen and oxygen atoms in total. The summed E-state index contributed by atoms with van der Waals surface area (Å²) in [7, 11) is 2.11. The lowest BCUT2D eigenvalue weighted by Gasteiger charge is -2.36. The van der Waals surface area contributed by atoms with Crippen molar-refractivity contribution in [1.29, 1.82) is 0 Å². The van der Waals surface area contributed by atoms with Gasteiger partial charge in [0.25, 0.3) is 0 Å². The number of aromatic hydroxyl groups is 1. The molecule has 0 radical (unpaired) electrons. The van der Waals surface area contributed by atoms with Crippen LogP contribution in [0.4, 0.5) is 5.82 Å². The monoisotopic (exact) mass is 376 g/mol. The van der Waals surface area contributed by atoms with Gasteiger partial charge in [0.05, 0.1) is 11.4 Å². The van der Waals surface area contributed by atoms with E-state index in [-0.39, 0.29) is 5.75 Å². The van der Waals surface area contributed by atoms with Crippen molar-refractivity contribution in [3.63, 3.8) is 0 Å². The van der Waals surface area contributed by atoms with Gasteiger partial charge in [-0.3, -0.25) is 0 Å². The Kier molecular flexibility index (Phi) is 4.24. The molecule has 2 aromatic heterocycles. The zero-order valence-corrected chi connectivity index (χ0v) is 15.9. The van der Waals surface area contributed by atoms with Gasteiger partial charge in [-0.05, 0) is 56.0 Å². The normalized spacial score (nSPS) is 23.7. The van der Waals surface area contributed by atoms with Crippen LogP contribution in [0.1, 0.15) is 25.7 Å². The molecule has 0 amide bonds.